The van der Waals surface area contributed by atoms with Gasteiger partial charge in [0.1, 0.15) is 5.84 Å². The number of hydrogen-bond acceptors (Lipinski definition) is 1. The molecule has 0 heterocycles. The van der Waals surface area contributed by atoms with Crippen LogP contribution in [0.5, 0.6) is 0 Å². The minimum absolute atomic E-state index is 0.496. The summed E-state index contributed by atoms with van der Waals surface area (Å²) in [4.78, 5) is 1.89. The highest BCUT2D eigenvalue weighted by atomic mass is 35.5. The summed E-state index contributed by atoms with van der Waals surface area (Å²) in [6.07, 6.45) is 0. The summed E-state index contributed by atoms with van der Waals surface area (Å²) in [6, 6.07) is 17.4. The molecular weight excluding hydrogens is 244 g/mol. The molecule has 0 fully saturated rings. The Morgan fingerprint density at radius 1 is 1.06 bits per heavy atom. The Bertz CT molecular complexity index is 537. The zero-order valence-corrected chi connectivity index (χ0v) is 11.0. The Balaban J connectivity index is 2.11. The van der Waals surface area contributed by atoms with E-state index in [4.69, 9.17) is 17.0 Å². The third-order valence-electron chi connectivity index (χ3n) is 2.79. The van der Waals surface area contributed by atoms with Crippen molar-refractivity contribution in [1.29, 1.82) is 5.41 Å². The van der Waals surface area contributed by atoms with Crippen LogP contribution in [0.25, 0.3) is 0 Å². The van der Waals surface area contributed by atoms with Gasteiger partial charge in [-0.3, -0.25) is 5.41 Å². The molecule has 0 amide bonds. The molecule has 0 aliphatic rings. The van der Waals surface area contributed by atoms with E-state index >= 15 is 0 Å². The minimum atomic E-state index is 0.496. The van der Waals surface area contributed by atoms with E-state index in [2.05, 4.69) is 0 Å². The molecule has 0 radical (unpaired) electrons. The average molecular weight is 259 g/mol. The first-order valence-electron chi connectivity index (χ1n) is 5.77. The smallest absolute Gasteiger partial charge is 0.128 e. The molecule has 1 N–H and O–H groups in total. The lowest BCUT2D eigenvalue weighted by molar-refractivity contribution is 0.498. The van der Waals surface area contributed by atoms with E-state index in [0.717, 1.165) is 16.1 Å². The van der Waals surface area contributed by atoms with Gasteiger partial charge in [-0.05, 0) is 11.6 Å². The molecule has 0 saturated heterocycles. The number of hydrogen-bond donors (Lipinski definition) is 1. The maximum absolute atomic E-state index is 8.14. The number of benzene rings is 2. The van der Waals surface area contributed by atoms with Crippen molar-refractivity contribution in [2.24, 2.45) is 0 Å². The van der Waals surface area contributed by atoms with Crippen molar-refractivity contribution in [2.45, 2.75) is 6.54 Å². The van der Waals surface area contributed by atoms with Crippen LogP contribution < -0.4 is 0 Å². The Kier molecular flexibility index (Phi) is 4.00. The van der Waals surface area contributed by atoms with Gasteiger partial charge >= 0.3 is 0 Å². The maximum Gasteiger partial charge on any atom is 0.128 e. The van der Waals surface area contributed by atoms with E-state index in [-0.39, 0.29) is 0 Å². The van der Waals surface area contributed by atoms with Gasteiger partial charge in [-0.2, -0.15) is 0 Å². The van der Waals surface area contributed by atoms with Crippen molar-refractivity contribution < 1.29 is 0 Å². The van der Waals surface area contributed by atoms with E-state index in [1.54, 1.807) is 0 Å². The van der Waals surface area contributed by atoms with Gasteiger partial charge in [-0.25, -0.2) is 0 Å². The summed E-state index contributed by atoms with van der Waals surface area (Å²) in [7, 11) is 1.90. The summed E-state index contributed by atoms with van der Waals surface area (Å²) >= 11 is 6.12. The molecule has 0 bridgehead atoms. The normalized spacial score (nSPS) is 10.1. The van der Waals surface area contributed by atoms with Gasteiger partial charge in [0.25, 0.3) is 0 Å². The molecule has 2 nitrogen and oxygen atoms in total. The number of nitrogens with one attached hydrogen (secondary N) is 1. The SMILES string of the molecule is CN(Cc1ccccc1Cl)C(=N)c1ccccc1. The summed E-state index contributed by atoms with van der Waals surface area (Å²) < 4.78 is 0. The van der Waals surface area contributed by atoms with Gasteiger partial charge in [-0.1, -0.05) is 60.1 Å². The molecular formula is C15H15ClN2. The lowest BCUT2D eigenvalue weighted by atomic mass is 10.1. The van der Waals surface area contributed by atoms with Crippen LogP contribution in [0.2, 0.25) is 5.02 Å². The minimum Gasteiger partial charge on any atom is -0.355 e. The highest BCUT2D eigenvalue weighted by Crippen LogP contribution is 2.17. The second kappa shape index (κ2) is 5.69. The summed E-state index contributed by atoms with van der Waals surface area (Å²) in [6.45, 7) is 0.632. The molecule has 0 saturated carbocycles. The van der Waals surface area contributed by atoms with Crippen LogP contribution in [0.15, 0.2) is 54.6 Å². The van der Waals surface area contributed by atoms with Crippen molar-refractivity contribution in [3.8, 4) is 0 Å². The first-order chi connectivity index (χ1) is 8.68. The third-order valence-corrected chi connectivity index (χ3v) is 3.16. The van der Waals surface area contributed by atoms with Gasteiger partial charge < -0.3 is 4.90 Å². The number of nitrogens with zero attached hydrogens (tertiary/aromatic N) is 1. The standard InChI is InChI=1S/C15H15ClN2/c1-18(11-13-9-5-6-10-14(13)16)15(17)12-7-3-2-4-8-12/h2-10,17H,11H2,1H3. The summed E-state index contributed by atoms with van der Waals surface area (Å²) in [5.74, 6) is 0.496. The molecule has 2 aromatic carbocycles. The largest absolute Gasteiger partial charge is 0.355 e. The second-order valence-electron chi connectivity index (χ2n) is 4.16. The van der Waals surface area contributed by atoms with Crippen LogP contribution in [0.4, 0.5) is 0 Å². The van der Waals surface area contributed by atoms with E-state index in [1.165, 1.54) is 0 Å². The fraction of sp³-hybridized carbons (Fsp3) is 0.133. The molecule has 0 aliphatic carbocycles. The Hall–Kier alpha value is -1.80. The number of rotatable bonds is 3. The van der Waals surface area contributed by atoms with E-state index < -0.39 is 0 Å². The molecule has 2 aromatic rings. The van der Waals surface area contributed by atoms with Crippen molar-refractivity contribution in [3.63, 3.8) is 0 Å². The molecule has 2 rings (SSSR count). The third kappa shape index (κ3) is 2.90. The summed E-state index contributed by atoms with van der Waals surface area (Å²) in [5.41, 5.74) is 1.94. The topological polar surface area (TPSA) is 27.1 Å². The van der Waals surface area contributed by atoms with Crippen molar-refractivity contribution in [1.82, 2.24) is 4.90 Å². The van der Waals surface area contributed by atoms with Crippen LogP contribution in [0.1, 0.15) is 11.1 Å². The predicted molar refractivity (Wildman–Crippen MR) is 76.2 cm³/mol. The zero-order valence-electron chi connectivity index (χ0n) is 10.2. The van der Waals surface area contributed by atoms with E-state index in [1.807, 2.05) is 66.5 Å². The molecule has 0 aliphatic heterocycles. The van der Waals surface area contributed by atoms with E-state index in [0.29, 0.717) is 12.4 Å². The highest BCUT2D eigenvalue weighted by Gasteiger charge is 2.09. The number of amidine groups is 1. The first kappa shape index (κ1) is 12.7. The molecule has 0 spiro atoms. The Labute approximate surface area is 112 Å². The molecule has 18 heavy (non-hydrogen) atoms. The maximum atomic E-state index is 8.14. The second-order valence-corrected chi connectivity index (χ2v) is 4.57. The molecule has 0 aromatic heterocycles. The Morgan fingerprint density at radius 3 is 2.33 bits per heavy atom. The van der Waals surface area contributed by atoms with Crippen LogP contribution in [-0.4, -0.2) is 17.8 Å². The Morgan fingerprint density at radius 2 is 1.67 bits per heavy atom. The van der Waals surface area contributed by atoms with Gasteiger partial charge in [0, 0.05) is 24.2 Å². The van der Waals surface area contributed by atoms with Gasteiger partial charge in [-0.15, -0.1) is 0 Å². The van der Waals surface area contributed by atoms with Crippen LogP contribution in [0.3, 0.4) is 0 Å². The van der Waals surface area contributed by atoms with Crippen molar-refractivity contribution in [2.75, 3.05) is 7.05 Å². The van der Waals surface area contributed by atoms with Crippen molar-refractivity contribution in [3.05, 3.63) is 70.7 Å². The molecule has 0 atom stereocenters. The quantitative estimate of drug-likeness (QED) is 0.658. The fourth-order valence-corrected chi connectivity index (χ4v) is 1.97. The van der Waals surface area contributed by atoms with Gasteiger partial charge in [0.15, 0.2) is 0 Å². The zero-order chi connectivity index (χ0) is 13.0. The lowest BCUT2D eigenvalue weighted by Gasteiger charge is -2.20. The van der Waals surface area contributed by atoms with Crippen LogP contribution >= 0.6 is 11.6 Å². The lowest BCUT2D eigenvalue weighted by Crippen LogP contribution is -2.26. The monoisotopic (exact) mass is 258 g/mol. The van der Waals surface area contributed by atoms with E-state index in [9.17, 15) is 0 Å². The van der Waals surface area contributed by atoms with Gasteiger partial charge in [0.2, 0.25) is 0 Å². The van der Waals surface area contributed by atoms with Gasteiger partial charge in [0.05, 0.1) is 0 Å². The van der Waals surface area contributed by atoms with Crippen molar-refractivity contribution >= 4 is 17.4 Å². The summed E-state index contributed by atoms with van der Waals surface area (Å²) in [5, 5.41) is 8.88. The molecule has 0 unspecified atom stereocenters. The van der Waals surface area contributed by atoms with Crippen LogP contribution in [0, 0.1) is 5.41 Å². The molecule has 92 valence electrons. The molecule has 3 heteroatoms. The van der Waals surface area contributed by atoms with Crippen LogP contribution in [-0.2, 0) is 6.54 Å². The highest BCUT2D eigenvalue weighted by molar-refractivity contribution is 6.31. The number of halogens is 1. The average Bonchev–Trinajstić information content (AvgIpc) is 2.41. The predicted octanol–water partition coefficient (Wildman–Crippen LogP) is 3.80. The fourth-order valence-electron chi connectivity index (χ4n) is 1.78. The first-order valence-corrected chi connectivity index (χ1v) is 6.15.